The van der Waals surface area contributed by atoms with Crippen molar-refractivity contribution in [3.8, 4) is 17.7 Å². The van der Waals surface area contributed by atoms with Gasteiger partial charge >= 0.3 is 5.69 Å². The number of ether oxygens (including phenoxy) is 1. The van der Waals surface area contributed by atoms with Crippen LogP contribution in [0.25, 0.3) is 0 Å². The molecule has 0 bridgehead atoms. The first-order chi connectivity index (χ1) is 7.69. The maximum absolute atomic E-state index is 10.7. The number of nitrogens with one attached hydrogen (secondary N) is 1. The van der Waals surface area contributed by atoms with E-state index in [9.17, 15) is 10.1 Å². The second-order valence-electron chi connectivity index (χ2n) is 2.76. The minimum Gasteiger partial charge on any atom is -0.481 e. The lowest BCUT2D eigenvalue weighted by molar-refractivity contribution is -0.384. The second kappa shape index (κ2) is 5.56. The second-order valence-corrected chi connectivity index (χ2v) is 2.76. The predicted octanol–water partition coefficient (Wildman–Crippen LogP) is 1.43. The fourth-order valence-electron chi connectivity index (χ4n) is 1.04. The molecule has 0 radical (unpaired) electrons. The molecule has 0 saturated heterocycles. The Morgan fingerprint density at radius 3 is 2.94 bits per heavy atom. The quantitative estimate of drug-likeness (QED) is 0.472. The lowest BCUT2D eigenvalue weighted by Gasteiger charge is -2.04. The molecule has 0 aliphatic rings. The Morgan fingerprint density at radius 1 is 1.62 bits per heavy atom. The number of pyridine rings is 1. The summed E-state index contributed by atoms with van der Waals surface area (Å²) in [5, 5.41) is 13.5. The van der Waals surface area contributed by atoms with Crippen LogP contribution in [-0.4, -0.2) is 23.6 Å². The van der Waals surface area contributed by atoms with Gasteiger partial charge in [0.15, 0.2) is 0 Å². The first kappa shape index (κ1) is 11.8. The van der Waals surface area contributed by atoms with Gasteiger partial charge in [-0.05, 0) is 6.92 Å². The van der Waals surface area contributed by atoms with Crippen molar-refractivity contribution in [1.82, 2.24) is 4.98 Å². The average Bonchev–Trinajstić information content (AvgIpc) is 2.29. The normalized spacial score (nSPS) is 8.88. The minimum atomic E-state index is -0.506. The Balaban J connectivity index is 2.98. The zero-order valence-corrected chi connectivity index (χ0v) is 8.98. The van der Waals surface area contributed by atoms with Crippen molar-refractivity contribution < 1.29 is 9.66 Å². The molecule has 1 heterocycles. The molecule has 1 aromatic heterocycles. The summed E-state index contributed by atoms with van der Waals surface area (Å²) in [6.45, 7) is 1.99. The van der Waals surface area contributed by atoms with Crippen LogP contribution in [0.2, 0.25) is 0 Å². The van der Waals surface area contributed by atoms with Crippen LogP contribution in [-0.2, 0) is 0 Å². The molecule has 6 heteroatoms. The average molecular weight is 221 g/mol. The highest BCUT2D eigenvalue weighted by molar-refractivity contribution is 5.57. The first-order valence-electron chi connectivity index (χ1n) is 4.52. The third-order valence-electron chi connectivity index (χ3n) is 1.78. The molecule has 16 heavy (non-hydrogen) atoms. The van der Waals surface area contributed by atoms with Gasteiger partial charge in [-0.15, -0.1) is 5.92 Å². The molecule has 0 spiro atoms. The molecule has 0 aliphatic heterocycles. The first-order valence-corrected chi connectivity index (χ1v) is 4.52. The highest BCUT2D eigenvalue weighted by Gasteiger charge is 2.15. The van der Waals surface area contributed by atoms with Gasteiger partial charge in [0.2, 0.25) is 11.7 Å². The van der Waals surface area contributed by atoms with Crippen molar-refractivity contribution in [2.24, 2.45) is 0 Å². The number of nitro groups is 1. The van der Waals surface area contributed by atoms with Gasteiger partial charge in [0.25, 0.3) is 0 Å². The van der Waals surface area contributed by atoms with Crippen LogP contribution in [0, 0.1) is 22.0 Å². The summed E-state index contributed by atoms with van der Waals surface area (Å²) >= 11 is 0. The zero-order valence-electron chi connectivity index (χ0n) is 8.98. The van der Waals surface area contributed by atoms with E-state index >= 15 is 0 Å². The van der Waals surface area contributed by atoms with Crippen molar-refractivity contribution in [3.05, 3.63) is 22.2 Å². The van der Waals surface area contributed by atoms with E-state index < -0.39 is 4.92 Å². The third kappa shape index (κ3) is 2.85. The molecule has 0 aliphatic carbocycles. The Hall–Kier alpha value is -2.29. The van der Waals surface area contributed by atoms with Crippen LogP contribution in [0.1, 0.15) is 6.92 Å². The van der Waals surface area contributed by atoms with Crippen molar-refractivity contribution in [1.29, 1.82) is 0 Å². The third-order valence-corrected chi connectivity index (χ3v) is 1.78. The van der Waals surface area contributed by atoms with Crippen LogP contribution >= 0.6 is 0 Å². The van der Waals surface area contributed by atoms with Crippen molar-refractivity contribution in [2.45, 2.75) is 6.92 Å². The molecule has 0 atom stereocenters. The smallest absolute Gasteiger partial charge is 0.311 e. The number of anilines is 1. The maximum atomic E-state index is 10.7. The highest BCUT2D eigenvalue weighted by atomic mass is 16.6. The van der Waals surface area contributed by atoms with Crippen molar-refractivity contribution >= 4 is 11.5 Å². The van der Waals surface area contributed by atoms with Crippen LogP contribution < -0.4 is 10.1 Å². The van der Waals surface area contributed by atoms with E-state index in [-0.39, 0.29) is 11.5 Å². The summed E-state index contributed by atoms with van der Waals surface area (Å²) in [5.74, 6) is 5.89. The molecule has 1 aromatic rings. The maximum Gasteiger partial charge on any atom is 0.311 e. The molecular weight excluding hydrogens is 210 g/mol. The van der Waals surface area contributed by atoms with E-state index in [0.29, 0.717) is 12.4 Å². The minimum absolute atomic E-state index is 0.0984. The Labute approximate surface area is 92.8 Å². The Kier molecular flexibility index (Phi) is 4.09. The van der Waals surface area contributed by atoms with Crippen molar-refractivity contribution in [2.75, 3.05) is 19.0 Å². The van der Waals surface area contributed by atoms with Crippen LogP contribution in [0.3, 0.4) is 0 Å². The van der Waals surface area contributed by atoms with Crippen molar-refractivity contribution in [3.63, 3.8) is 0 Å². The van der Waals surface area contributed by atoms with E-state index in [0.717, 1.165) is 0 Å². The summed E-state index contributed by atoms with van der Waals surface area (Å²) in [4.78, 5) is 14.1. The summed E-state index contributed by atoms with van der Waals surface area (Å²) in [7, 11) is 1.45. The molecule has 0 unspecified atom stereocenters. The van der Waals surface area contributed by atoms with Gasteiger partial charge < -0.3 is 10.1 Å². The monoisotopic (exact) mass is 221 g/mol. The van der Waals surface area contributed by atoms with E-state index in [2.05, 4.69) is 22.1 Å². The highest BCUT2D eigenvalue weighted by Crippen LogP contribution is 2.24. The van der Waals surface area contributed by atoms with Gasteiger partial charge in [-0.3, -0.25) is 10.1 Å². The molecule has 0 fully saturated rings. The van der Waals surface area contributed by atoms with Gasteiger partial charge in [-0.1, -0.05) is 5.92 Å². The number of methoxy groups -OCH3 is 1. The zero-order chi connectivity index (χ0) is 12.0. The summed E-state index contributed by atoms with van der Waals surface area (Å²) in [6, 6.07) is 2.78. The largest absolute Gasteiger partial charge is 0.481 e. The van der Waals surface area contributed by atoms with Crippen LogP contribution in [0.4, 0.5) is 11.5 Å². The summed E-state index contributed by atoms with van der Waals surface area (Å²) < 4.78 is 4.89. The number of aromatic nitrogens is 1. The lowest BCUT2D eigenvalue weighted by atomic mass is 10.4. The van der Waals surface area contributed by atoms with Gasteiger partial charge in [0.05, 0.1) is 18.6 Å². The summed E-state index contributed by atoms with van der Waals surface area (Å²) in [5.41, 5.74) is -0.0984. The Morgan fingerprint density at radius 2 is 2.38 bits per heavy atom. The number of nitrogens with zero attached hydrogens (tertiary/aromatic N) is 2. The molecule has 0 amide bonds. The number of hydrogen-bond acceptors (Lipinski definition) is 5. The predicted molar refractivity (Wildman–Crippen MR) is 59.4 cm³/mol. The standard InChI is InChI=1S/C10H11N3O3/c1-3-4-7-11-10-8(13(14)15)5-6-9(12-10)16-2/h5-6H,7H2,1-2H3,(H,11,12). The molecule has 6 nitrogen and oxygen atoms in total. The van der Waals surface area contributed by atoms with Crippen LogP contribution in [0.15, 0.2) is 12.1 Å². The SMILES string of the molecule is CC#CCNc1nc(OC)ccc1[N+](=O)[O-]. The molecule has 0 aromatic carbocycles. The Bertz CT molecular complexity index is 448. The number of rotatable bonds is 4. The van der Waals surface area contributed by atoms with E-state index in [4.69, 9.17) is 4.74 Å². The molecule has 1 rings (SSSR count). The molecular formula is C10H11N3O3. The topological polar surface area (TPSA) is 77.3 Å². The lowest BCUT2D eigenvalue weighted by Crippen LogP contribution is -2.05. The van der Waals surface area contributed by atoms with E-state index in [1.807, 2.05) is 0 Å². The van der Waals surface area contributed by atoms with Crippen LogP contribution in [0.5, 0.6) is 5.88 Å². The summed E-state index contributed by atoms with van der Waals surface area (Å²) in [6.07, 6.45) is 0. The van der Waals surface area contributed by atoms with Gasteiger partial charge in [-0.25, -0.2) is 0 Å². The fraction of sp³-hybridized carbons (Fsp3) is 0.300. The molecule has 1 N–H and O–H groups in total. The number of hydrogen-bond donors (Lipinski definition) is 1. The van der Waals surface area contributed by atoms with E-state index in [1.165, 1.54) is 19.2 Å². The van der Waals surface area contributed by atoms with E-state index in [1.54, 1.807) is 6.92 Å². The van der Waals surface area contributed by atoms with Gasteiger partial charge in [-0.2, -0.15) is 4.98 Å². The van der Waals surface area contributed by atoms with Gasteiger partial charge in [0.1, 0.15) is 0 Å². The fourth-order valence-corrected chi connectivity index (χ4v) is 1.04. The molecule has 0 saturated carbocycles. The van der Waals surface area contributed by atoms with Gasteiger partial charge in [0, 0.05) is 12.1 Å². The molecule has 84 valence electrons.